The minimum atomic E-state index is -0.236. The number of carbonyl (C=O) groups excluding carboxylic acids is 1. The smallest absolute Gasteiger partial charge is 0.226 e. The van der Waals surface area contributed by atoms with Crippen molar-refractivity contribution < 1.29 is 13.6 Å². The van der Waals surface area contributed by atoms with Crippen LogP contribution in [0.5, 0.6) is 0 Å². The number of hydrogen-bond donors (Lipinski definition) is 0. The first kappa shape index (κ1) is 13.6. The van der Waals surface area contributed by atoms with E-state index < -0.39 is 0 Å². The van der Waals surface area contributed by atoms with Crippen molar-refractivity contribution in [3.05, 3.63) is 59.8 Å². The molecule has 2 aliphatic rings. The first-order valence-electron chi connectivity index (χ1n) is 7.83. The Hall–Kier alpha value is -2.10. The normalized spacial score (nSPS) is 27.1. The molecule has 4 heteroatoms. The monoisotopic (exact) mass is 299 g/mol. The third-order valence-corrected chi connectivity index (χ3v) is 4.81. The van der Waals surface area contributed by atoms with Crippen LogP contribution in [-0.4, -0.2) is 17.4 Å². The molecule has 0 spiro atoms. The van der Waals surface area contributed by atoms with Crippen LogP contribution in [0.15, 0.2) is 47.1 Å². The summed E-state index contributed by atoms with van der Waals surface area (Å²) < 4.78 is 18.5. The highest BCUT2D eigenvalue weighted by Gasteiger charge is 2.49. The molecule has 1 saturated heterocycles. The van der Waals surface area contributed by atoms with E-state index in [1.165, 1.54) is 12.1 Å². The highest BCUT2D eigenvalue weighted by Crippen LogP contribution is 2.50. The van der Waals surface area contributed by atoms with Crippen LogP contribution < -0.4 is 0 Å². The van der Waals surface area contributed by atoms with E-state index in [1.54, 1.807) is 18.4 Å². The van der Waals surface area contributed by atoms with Gasteiger partial charge in [-0.25, -0.2) is 4.39 Å². The zero-order valence-corrected chi connectivity index (χ0v) is 12.2. The van der Waals surface area contributed by atoms with Crippen molar-refractivity contribution in [1.29, 1.82) is 0 Å². The summed E-state index contributed by atoms with van der Waals surface area (Å²) in [4.78, 5) is 14.7. The Balaban J connectivity index is 1.49. The summed E-state index contributed by atoms with van der Waals surface area (Å²) in [6.07, 6.45) is 4.49. The van der Waals surface area contributed by atoms with Gasteiger partial charge in [-0.15, -0.1) is 0 Å². The summed E-state index contributed by atoms with van der Waals surface area (Å²) in [6, 6.07) is 10.4. The van der Waals surface area contributed by atoms with Crippen LogP contribution in [0.4, 0.5) is 4.39 Å². The second-order valence-corrected chi connectivity index (χ2v) is 6.21. The summed E-state index contributed by atoms with van der Waals surface area (Å²) in [5.74, 6) is 1.17. The molecule has 2 fully saturated rings. The lowest BCUT2D eigenvalue weighted by molar-refractivity contribution is -0.133. The molecule has 1 aliphatic heterocycles. The third-order valence-electron chi connectivity index (χ3n) is 4.81. The van der Waals surface area contributed by atoms with Gasteiger partial charge in [-0.1, -0.05) is 12.1 Å². The lowest BCUT2D eigenvalue weighted by Crippen LogP contribution is -2.32. The Bertz CT molecular complexity index is 665. The second-order valence-electron chi connectivity index (χ2n) is 6.21. The van der Waals surface area contributed by atoms with Gasteiger partial charge in [0.2, 0.25) is 5.91 Å². The van der Waals surface area contributed by atoms with Gasteiger partial charge in [0.05, 0.1) is 12.3 Å². The number of amides is 1. The Morgan fingerprint density at radius 3 is 2.77 bits per heavy atom. The van der Waals surface area contributed by atoms with Gasteiger partial charge in [-0.2, -0.15) is 0 Å². The van der Waals surface area contributed by atoms with Gasteiger partial charge in [-0.3, -0.25) is 4.79 Å². The van der Waals surface area contributed by atoms with Crippen LogP contribution in [0.2, 0.25) is 0 Å². The molecule has 114 valence electrons. The van der Waals surface area contributed by atoms with E-state index in [2.05, 4.69) is 0 Å². The number of rotatable bonds is 3. The van der Waals surface area contributed by atoms with Gasteiger partial charge in [0.15, 0.2) is 0 Å². The van der Waals surface area contributed by atoms with E-state index in [4.69, 9.17) is 4.42 Å². The Kier molecular flexibility index (Phi) is 3.25. The molecular weight excluding hydrogens is 281 g/mol. The first-order valence-corrected chi connectivity index (χ1v) is 7.83. The Labute approximate surface area is 128 Å². The number of nitrogens with zero attached hydrogens (tertiary/aromatic N) is 1. The lowest BCUT2D eigenvalue weighted by atomic mass is 10.0. The molecule has 2 heterocycles. The minimum absolute atomic E-state index is 0.0483. The maximum atomic E-state index is 13.1. The fraction of sp³-hybridized carbons (Fsp3) is 0.389. The van der Waals surface area contributed by atoms with E-state index in [0.717, 1.165) is 37.1 Å². The average Bonchev–Trinajstić information content (AvgIpc) is 2.95. The van der Waals surface area contributed by atoms with Gasteiger partial charge in [0, 0.05) is 18.4 Å². The fourth-order valence-electron chi connectivity index (χ4n) is 3.56. The summed E-state index contributed by atoms with van der Waals surface area (Å²) in [6.45, 7) is 0.794. The number of halogens is 1. The molecule has 3 unspecified atom stereocenters. The highest BCUT2D eigenvalue weighted by molar-refractivity contribution is 5.83. The minimum Gasteiger partial charge on any atom is -0.469 e. The Morgan fingerprint density at radius 1 is 1.23 bits per heavy atom. The van der Waals surface area contributed by atoms with Crippen LogP contribution in [0, 0.1) is 11.7 Å². The van der Waals surface area contributed by atoms with Crippen LogP contribution in [-0.2, 0) is 4.79 Å². The largest absolute Gasteiger partial charge is 0.469 e. The van der Waals surface area contributed by atoms with E-state index in [-0.39, 0.29) is 29.6 Å². The summed E-state index contributed by atoms with van der Waals surface area (Å²) >= 11 is 0. The van der Waals surface area contributed by atoms with Crippen LogP contribution >= 0.6 is 0 Å². The summed E-state index contributed by atoms with van der Waals surface area (Å²) in [5, 5.41) is 0. The molecule has 3 nitrogen and oxygen atoms in total. The van der Waals surface area contributed by atoms with Crippen molar-refractivity contribution in [2.45, 2.75) is 31.2 Å². The molecule has 0 bridgehead atoms. The number of furan rings is 1. The maximum absolute atomic E-state index is 13.1. The second kappa shape index (κ2) is 5.27. The van der Waals surface area contributed by atoms with Gasteiger partial charge in [-0.05, 0) is 49.1 Å². The number of hydrogen-bond acceptors (Lipinski definition) is 2. The number of benzene rings is 1. The molecule has 1 aromatic carbocycles. The van der Waals surface area contributed by atoms with Crippen molar-refractivity contribution in [1.82, 2.24) is 4.90 Å². The predicted molar refractivity (Wildman–Crippen MR) is 79.6 cm³/mol. The molecular formula is C18H18FNO2. The van der Waals surface area contributed by atoms with Crippen LogP contribution in [0.3, 0.4) is 0 Å². The number of likely N-dealkylation sites (tertiary alicyclic amines) is 1. The molecule has 22 heavy (non-hydrogen) atoms. The van der Waals surface area contributed by atoms with Crippen molar-refractivity contribution in [3.8, 4) is 0 Å². The quantitative estimate of drug-likeness (QED) is 0.861. The maximum Gasteiger partial charge on any atom is 0.226 e. The van der Waals surface area contributed by atoms with Crippen molar-refractivity contribution in [2.75, 3.05) is 6.54 Å². The zero-order chi connectivity index (χ0) is 15.1. The Morgan fingerprint density at radius 2 is 2.05 bits per heavy atom. The lowest BCUT2D eigenvalue weighted by Gasteiger charge is -2.25. The van der Waals surface area contributed by atoms with Crippen molar-refractivity contribution >= 4 is 5.91 Å². The van der Waals surface area contributed by atoms with Crippen molar-refractivity contribution in [2.24, 2.45) is 5.92 Å². The van der Waals surface area contributed by atoms with Gasteiger partial charge < -0.3 is 9.32 Å². The van der Waals surface area contributed by atoms with E-state index in [1.807, 2.05) is 17.0 Å². The van der Waals surface area contributed by atoms with Crippen LogP contribution in [0.25, 0.3) is 0 Å². The molecule has 1 aliphatic carbocycles. The molecule has 1 saturated carbocycles. The molecule has 0 radical (unpaired) electrons. The van der Waals surface area contributed by atoms with Crippen molar-refractivity contribution in [3.63, 3.8) is 0 Å². The van der Waals surface area contributed by atoms with Gasteiger partial charge in [0.1, 0.15) is 11.6 Å². The number of carbonyl (C=O) groups is 1. The highest BCUT2D eigenvalue weighted by atomic mass is 19.1. The fourth-order valence-corrected chi connectivity index (χ4v) is 3.56. The topological polar surface area (TPSA) is 33.5 Å². The SMILES string of the molecule is O=C(C1CC1c1ccco1)N1CCCC1c1ccc(F)cc1. The standard InChI is InChI=1S/C18H18FNO2/c19-13-7-5-12(6-8-13)16-3-1-9-20(16)18(21)15-11-14(15)17-4-2-10-22-17/h2,4-8,10,14-16H,1,3,9,11H2. The molecule has 3 atom stereocenters. The zero-order valence-electron chi connectivity index (χ0n) is 12.2. The molecule has 0 N–H and O–H groups in total. The van der Waals surface area contributed by atoms with Crippen LogP contribution in [0.1, 0.15) is 42.5 Å². The molecule has 4 rings (SSSR count). The molecule has 1 aromatic heterocycles. The average molecular weight is 299 g/mol. The summed E-state index contributed by atoms with van der Waals surface area (Å²) in [7, 11) is 0. The summed E-state index contributed by atoms with van der Waals surface area (Å²) in [5.41, 5.74) is 1.03. The van der Waals surface area contributed by atoms with Gasteiger partial charge >= 0.3 is 0 Å². The third kappa shape index (κ3) is 2.32. The van der Waals surface area contributed by atoms with E-state index in [0.29, 0.717) is 0 Å². The molecule has 1 amide bonds. The predicted octanol–water partition coefficient (Wildman–Crippen LogP) is 3.89. The van der Waals surface area contributed by atoms with E-state index in [9.17, 15) is 9.18 Å². The van der Waals surface area contributed by atoms with E-state index >= 15 is 0 Å². The molecule has 2 aromatic rings. The first-order chi connectivity index (χ1) is 10.7. The van der Waals surface area contributed by atoms with Gasteiger partial charge in [0.25, 0.3) is 0 Å².